The van der Waals surface area contributed by atoms with E-state index in [2.05, 4.69) is 69.9 Å². The number of fused-ring (bicyclic) bond motifs is 2. The Bertz CT molecular complexity index is 2190. The maximum atomic E-state index is 17.4. The van der Waals surface area contributed by atoms with Crippen molar-refractivity contribution in [2.24, 2.45) is 5.41 Å². The second kappa shape index (κ2) is 16.9. The number of anilines is 1. The molecule has 1 saturated carbocycles. The fraction of sp³-hybridized carbons (Fsp3) is 0.568. The predicted molar refractivity (Wildman–Crippen MR) is 226 cm³/mol. The SMILES string of the molecule is COCOc1cc(-c2nc(N3CC[C@@H]3C)c3cnc(OC[C@]4(CN(C)CCN(C)C)CC4(F)F)nc3c2F)c2c(C#C[Si](C(C)C)(C(C)C)C(C)C)c(F)ccc2c1. The Labute approximate surface area is 341 Å². The van der Waals surface area contributed by atoms with Gasteiger partial charge in [0.1, 0.15) is 43.3 Å². The highest BCUT2D eigenvalue weighted by atomic mass is 28.3. The molecule has 0 radical (unpaired) electrons. The van der Waals surface area contributed by atoms with Gasteiger partial charge in [-0.15, -0.1) is 5.54 Å². The summed E-state index contributed by atoms with van der Waals surface area (Å²) in [5.74, 6) is -0.112. The zero-order chi connectivity index (χ0) is 42.3. The van der Waals surface area contributed by atoms with Gasteiger partial charge in [0.05, 0.1) is 16.4 Å². The van der Waals surface area contributed by atoms with E-state index in [-0.39, 0.29) is 60.8 Å². The van der Waals surface area contributed by atoms with Crippen LogP contribution in [-0.2, 0) is 4.74 Å². The summed E-state index contributed by atoms with van der Waals surface area (Å²) in [6.07, 6.45) is 2.02. The summed E-state index contributed by atoms with van der Waals surface area (Å²) >= 11 is 0. The maximum Gasteiger partial charge on any atom is 0.317 e. The second-order valence-corrected chi connectivity index (χ2v) is 23.1. The fourth-order valence-electron chi connectivity index (χ4n) is 8.78. The molecular formula is C44H58F4N6O3Si. The lowest BCUT2D eigenvalue weighted by Crippen LogP contribution is -2.46. The number of ether oxygens (including phenoxy) is 3. The second-order valence-electron chi connectivity index (χ2n) is 17.5. The third-order valence-corrected chi connectivity index (χ3v) is 18.6. The van der Waals surface area contributed by atoms with E-state index in [1.807, 2.05) is 35.8 Å². The van der Waals surface area contributed by atoms with E-state index in [4.69, 9.17) is 19.2 Å². The molecule has 314 valence electrons. The zero-order valence-electron chi connectivity index (χ0n) is 35.8. The van der Waals surface area contributed by atoms with Gasteiger partial charge in [-0.3, -0.25) is 0 Å². The highest BCUT2D eigenvalue weighted by Crippen LogP contribution is 2.60. The minimum Gasteiger partial charge on any atom is -0.468 e. The van der Waals surface area contributed by atoms with Crippen molar-refractivity contribution < 1.29 is 31.8 Å². The number of rotatable bonds is 16. The molecule has 0 bridgehead atoms. The van der Waals surface area contributed by atoms with Gasteiger partial charge in [0.15, 0.2) is 12.6 Å². The van der Waals surface area contributed by atoms with Gasteiger partial charge >= 0.3 is 6.01 Å². The summed E-state index contributed by atoms with van der Waals surface area (Å²) in [6, 6.07) is 6.27. The number of aromatic nitrogens is 3. The minimum absolute atomic E-state index is 0.0752. The number of likely N-dealkylation sites (N-methyl/N-ethyl adjacent to an activating group) is 2. The Morgan fingerprint density at radius 2 is 1.67 bits per heavy atom. The third kappa shape index (κ3) is 8.24. The molecule has 0 amide bonds. The van der Waals surface area contributed by atoms with Gasteiger partial charge in [0, 0.05) is 62.9 Å². The quantitative estimate of drug-likeness (QED) is 0.0476. The number of hydrogen-bond acceptors (Lipinski definition) is 9. The molecule has 1 aliphatic heterocycles. The number of hydrogen-bond donors (Lipinski definition) is 0. The lowest BCUT2D eigenvalue weighted by Gasteiger charge is -2.40. The molecule has 1 aliphatic carbocycles. The molecule has 0 N–H and O–H groups in total. The molecule has 58 heavy (non-hydrogen) atoms. The van der Waals surface area contributed by atoms with Gasteiger partial charge in [-0.05, 0) is 74.7 Å². The molecule has 2 aliphatic rings. The molecule has 3 heterocycles. The monoisotopic (exact) mass is 822 g/mol. The molecule has 4 aromatic rings. The van der Waals surface area contributed by atoms with Crippen LogP contribution in [-0.4, -0.2) is 113 Å². The number of benzene rings is 2. The Balaban J connectivity index is 1.53. The normalized spacial score (nSPS) is 19.1. The molecular weight excluding hydrogens is 765 g/mol. The number of alkyl halides is 2. The zero-order valence-corrected chi connectivity index (χ0v) is 36.8. The molecule has 0 spiro atoms. The highest BCUT2D eigenvalue weighted by molar-refractivity contribution is 6.90. The molecule has 0 unspecified atom stereocenters. The van der Waals surface area contributed by atoms with E-state index in [1.165, 1.54) is 19.4 Å². The average Bonchev–Trinajstić information content (AvgIpc) is 3.71. The van der Waals surface area contributed by atoms with Crippen molar-refractivity contribution in [1.82, 2.24) is 24.8 Å². The minimum atomic E-state index is -2.92. The van der Waals surface area contributed by atoms with Crippen LogP contribution in [0.25, 0.3) is 32.9 Å². The van der Waals surface area contributed by atoms with Crippen LogP contribution in [0.15, 0.2) is 30.5 Å². The molecule has 2 aromatic carbocycles. The van der Waals surface area contributed by atoms with E-state index in [9.17, 15) is 8.78 Å². The highest BCUT2D eigenvalue weighted by Gasteiger charge is 2.71. The van der Waals surface area contributed by atoms with Gasteiger partial charge in [0.25, 0.3) is 5.92 Å². The van der Waals surface area contributed by atoms with Crippen molar-refractivity contribution >= 4 is 35.6 Å². The Morgan fingerprint density at radius 3 is 2.24 bits per heavy atom. The predicted octanol–water partition coefficient (Wildman–Crippen LogP) is 9.17. The van der Waals surface area contributed by atoms with E-state index >= 15 is 8.78 Å². The topological polar surface area (TPSA) is 76.1 Å². The smallest absolute Gasteiger partial charge is 0.317 e. The van der Waals surface area contributed by atoms with Gasteiger partial charge in [-0.1, -0.05) is 53.5 Å². The summed E-state index contributed by atoms with van der Waals surface area (Å²) in [7, 11) is 4.86. The first kappa shape index (κ1) is 43.5. The van der Waals surface area contributed by atoms with Gasteiger partial charge < -0.3 is 28.9 Å². The molecule has 2 aromatic heterocycles. The van der Waals surface area contributed by atoms with Gasteiger partial charge in [-0.2, -0.15) is 4.98 Å². The summed E-state index contributed by atoms with van der Waals surface area (Å²) in [4.78, 5) is 19.8. The first-order valence-electron chi connectivity index (χ1n) is 20.2. The molecule has 2 fully saturated rings. The van der Waals surface area contributed by atoms with Crippen LogP contribution in [0, 0.1) is 28.5 Å². The Kier molecular flexibility index (Phi) is 12.7. The van der Waals surface area contributed by atoms with Crippen LogP contribution in [0.3, 0.4) is 0 Å². The molecule has 2 atom stereocenters. The Hall–Kier alpha value is -4.03. The number of pyridine rings is 1. The molecule has 1 saturated heterocycles. The maximum absolute atomic E-state index is 17.4. The first-order valence-corrected chi connectivity index (χ1v) is 22.5. The van der Waals surface area contributed by atoms with Crippen molar-refractivity contribution in [1.29, 1.82) is 0 Å². The first-order chi connectivity index (χ1) is 27.4. The van der Waals surface area contributed by atoms with Crippen LogP contribution in [0.5, 0.6) is 11.8 Å². The van der Waals surface area contributed by atoms with Gasteiger partial charge in [-0.25, -0.2) is 27.5 Å². The largest absolute Gasteiger partial charge is 0.468 e. The van der Waals surface area contributed by atoms with Crippen LogP contribution < -0.4 is 14.4 Å². The van der Waals surface area contributed by atoms with Crippen LogP contribution in [0.2, 0.25) is 16.6 Å². The van der Waals surface area contributed by atoms with Crippen molar-refractivity contribution in [3.63, 3.8) is 0 Å². The summed E-state index contributed by atoms with van der Waals surface area (Å²) in [5.41, 5.74) is 3.39. The number of methoxy groups -OCH3 is 1. The van der Waals surface area contributed by atoms with Crippen molar-refractivity contribution in [2.75, 3.05) is 72.7 Å². The molecule has 9 nitrogen and oxygen atoms in total. The van der Waals surface area contributed by atoms with E-state index in [0.29, 0.717) is 64.0 Å². The van der Waals surface area contributed by atoms with E-state index in [0.717, 1.165) is 6.42 Å². The molecule has 6 rings (SSSR count). The van der Waals surface area contributed by atoms with E-state index in [1.54, 1.807) is 18.2 Å². The number of halogens is 4. The number of nitrogens with zero attached hydrogens (tertiary/aromatic N) is 6. The standard InChI is InChI=1S/C44H58F4N6O3Si/c1-27(2)58(28(3)4,29(5)6)19-15-33-36(45)13-12-31-20-32(57-26-55-11)21-34(37(31)33)39-38(46)40-35(41(50-39)54-16-14-30(54)7)22-49-42(51-40)56-25-43(23-44(43,47)48)24-53(10)18-17-52(8)9/h12-13,20-22,27-30H,14,16-18,23-26H2,1-11H3/t30-,43+/m0/s1. The lowest BCUT2D eigenvalue weighted by atomic mass is 9.95. The Morgan fingerprint density at radius 1 is 0.983 bits per heavy atom. The fourth-order valence-corrected chi connectivity index (χ4v) is 14.0. The average molecular weight is 823 g/mol. The van der Waals surface area contributed by atoms with Crippen LogP contribution in [0.4, 0.5) is 23.4 Å². The molecule has 14 heteroatoms. The van der Waals surface area contributed by atoms with Crippen molar-refractivity contribution in [2.45, 2.75) is 89.9 Å². The lowest BCUT2D eigenvalue weighted by molar-refractivity contribution is 0.0251. The summed E-state index contributed by atoms with van der Waals surface area (Å²) in [5, 5.41) is 1.32. The van der Waals surface area contributed by atoms with Crippen molar-refractivity contribution in [3.05, 3.63) is 47.7 Å². The third-order valence-electron chi connectivity index (χ3n) is 12.3. The van der Waals surface area contributed by atoms with Crippen LogP contribution in [0.1, 0.15) is 66.9 Å². The summed E-state index contributed by atoms with van der Waals surface area (Å²) in [6.45, 7) is 16.9. The summed E-state index contributed by atoms with van der Waals surface area (Å²) < 4.78 is 80.6. The van der Waals surface area contributed by atoms with Crippen LogP contribution >= 0.6 is 0 Å². The van der Waals surface area contributed by atoms with E-state index < -0.39 is 31.0 Å². The van der Waals surface area contributed by atoms with Crippen molar-refractivity contribution in [3.8, 4) is 34.5 Å². The van der Waals surface area contributed by atoms with Gasteiger partial charge in [0.2, 0.25) is 0 Å².